The lowest BCUT2D eigenvalue weighted by atomic mass is 10.6. The van der Waals surface area contributed by atoms with E-state index in [-0.39, 0.29) is 10.9 Å². The molecule has 1 heterocycles. The fourth-order valence-corrected chi connectivity index (χ4v) is 1.73. The normalized spacial score (nSPS) is 13.0. The van der Waals surface area contributed by atoms with Gasteiger partial charge in [-0.2, -0.15) is 8.42 Å². The van der Waals surface area contributed by atoms with E-state index in [1.165, 1.54) is 0 Å². The first-order chi connectivity index (χ1) is 9.81. The Hall–Kier alpha value is -2.55. The van der Waals surface area contributed by atoms with Crippen LogP contribution in [0.3, 0.4) is 0 Å². The molecule has 0 aliphatic rings. The standard InChI is InChI=1S/C7H5F3N4O7S/c1-12-2-4(22(18,19)20)3-13(14(16)17)5(12)11-6(15)21-7(8,9)10/h2-3H,1H3/p+1/b11-5+. The second-order valence-electron chi connectivity index (χ2n) is 3.55. The summed E-state index contributed by atoms with van der Waals surface area (Å²) in [6.07, 6.45) is -6.73. The van der Waals surface area contributed by atoms with Crippen LogP contribution in [-0.4, -0.2) is 35.1 Å². The number of carbonyl (C=O) groups is 1. The van der Waals surface area contributed by atoms with Crippen LogP contribution in [0.5, 0.6) is 0 Å². The summed E-state index contributed by atoms with van der Waals surface area (Å²) in [6.45, 7) is 0. The zero-order chi connectivity index (χ0) is 17.3. The molecule has 0 saturated heterocycles. The quantitative estimate of drug-likeness (QED) is 0.317. The molecular formula is C7H6F3N4O7S+. The summed E-state index contributed by atoms with van der Waals surface area (Å²) in [6, 6.07) is 0. The molecule has 11 nitrogen and oxygen atoms in total. The Labute approximate surface area is 118 Å². The minimum atomic E-state index is -5.35. The number of amides is 1. The Kier molecular flexibility index (Phi) is 4.52. The molecule has 0 spiro atoms. The van der Waals surface area contributed by atoms with E-state index >= 15 is 0 Å². The third kappa shape index (κ3) is 4.48. The molecule has 1 aromatic heterocycles. The highest BCUT2D eigenvalue weighted by molar-refractivity contribution is 7.85. The Morgan fingerprint density at radius 1 is 1.55 bits per heavy atom. The Morgan fingerprint density at radius 3 is 2.50 bits per heavy atom. The largest absolute Gasteiger partial charge is 0.577 e. The lowest BCUT2D eigenvalue weighted by molar-refractivity contribution is -0.714. The van der Waals surface area contributed by atoms with Crippen molar-refractivity contribution in [3.63, 3.8) is 0 Å². The van der Waals surface area contributed by atoms with Gasteiger partial charge in [0.05, 0.1) is 17.9 Å². The van der Waals surface area contributed by atoms with Gasteiger partial charge in [0, 0.05) is 4.99 Å². The molecule has 0 aliphatic carbocycles. The van der Waals surface area contributed by atoms with Gasteiger partial charge in [0.15, 0.2) is 11.1 Å². The second-order valence-corrected chi connectivity index (χ2v) is 4.98. The van der Waals surface area contributed by atoms with Gasteiger partial charge in [0.2, 0.25) is 5.03 Å². The van der Waals surface area contributed by atoms with Gasteiger partial charge in [-0.05, 0) is 0 Å². The number of aryl methyl sites for hydroxylation is 1. The SMILES string of the molecule is C[n+]1cc(S(=O)(=O)O)cn([N+](=O)[O-])/c1=N/C(=O)OC(F)(F)F. The third-order valence-electron chi connectivity index (χ3n) is 1.96. The van der Waals surface area contributed by atoms with Gasteiger partial charge in [-0.15, -0.1) is 13.2 Å². The molecule has 0 atom stereocenters. The minimum absolute atomic E-state index is 0.180. The maximum Gasteiger partial charge on any atom is 0.577 e. The first-order valence-electron chi connectivity index (χ1n) is 4.90. The molecule has 0 radical (unpaired) electrons. The Balaban J connectivity index is 3.55. The third-order valence-corrected chi connectivity index (χ3v) is 2.77. The van der Waals surface area contributed by atoms with E-state index in [0.29, 0.717) is 10.8 Å². The number of carbonyl (C=O) groups excluding carboxylic acids is 1. The number of hydrogen-bond donors (Lipinski definition) is 1. The van der Waals surface area contributed by atoms with E-state index in [2.05, 4.69) is 9.73 Å². The van der Waals surface area contributed by atoms with Crippen molar-refractivity contribution in [2.75, 3.05) is 0 Å². The maximum atomic E-state index is 11.8. The molecule has 0 unspecified atom stereocenters. The summed E-state index contributed by atoms with van der Waals surface area (Å²) >= 11 is 0. The molecule has 0 aromatic carbocycles. The Morgan fingerprint density at radius 2 is 2.09 bits per heavy atom. The van der Waals surface area contributed by atoms with Crippen molar-refractivity contribution in [3.05, 3.63) is 28.1 Å². The second kappa shape index (κ2) is 5.68. The highest BCUT2D eigenvalue weighted by Gasteiger charge is 2.36. The van der Waals surface area contributed by atoms with E-state index in [1.807, 2.05) is 0 Å². The molecule has 1 amide bonds. The van der Waals surface area contributed by atoms with Crippen LogP contribution in [0.25, 0.3) is 0 Å². The lowest BCUT2D eigenvalue weighted by Gasteiger charge is -2.01. The molecule has 22 heavy (non-hydrogen) atoms. The fraction of sp³-hybridized carbons (Fsp3) is 0.286. The number of hydrogen-bond acceptors (Lipinski definition) is 6. The summed E-state index contributed by atoms with van der Waals surface area (Å²) in [5.74, 6) is 0. The van der Waals surface area contributed by atoms with Crippen LogP contribution in [0.15, 0.2) is 22.3 Å². The predicted octanol–water partition coefficient (Wildman–Crippen LogP) is -0.844. The van der Waals surface area contributed by atoms with Gasteiger partial charge in [-0.25, -0.2) is 19.5 Å². The highest BCUT2D eigenvalue weighted by Crippen LogP contribution is 2.16. The molecule has 1 aromatic rings. The average molecular weight is 347 g/mol. The van der Waals surface area contributed by atoms with E-state index in [4.69, 9.17) is 4.55 Å². The van der Waals surface area contributed by atoms with Crippen molar-refractivity contribution in [2.24, 2.45) is 12.0 Å². The van der Waals surface area contributed by atoms with Gasteiger partial charge < -0.3 is 4.74 Å². The lowest BCUT2D eigenvalue weighted by Crippen LogP contribution is -2.54. The summed E-state index contributed by atoms with van der Waals surface area (Å²) in [4.78, 5) is 23.4. The van der Waals surface area contributed by atoms with Crippen molar-refractivity contribution in [2.45, 2.75) is 11.3 Å². The van der Waals surface area contributed by atoms with E-state index in [0.717, 1.165) is 7.05 Å². The van der Waals surface area contributed by atoms with Gasteiger partial charge in [-0.3, -0.25) is 4.55 Å². The average Bonchev–Trinajstić information content (AvgIpc) is 2.27. The van der Waals surface area contributed by atoms with Gasteiger partial charge in [-0.1, -0.05) is 0 Å². The molecule has 0 fully saturated rings. The number of alkyl halides is 3. The van der Waals surface area contributed by atoms with E-state index in [9.17, 15) is 36.5 Å². The van der Waals surface area contributed by atoms with E-state index in [1.54, 1.807) is 0 Å². The zero-order valence-electron chi connectivity index (χ0n) is 10.4. The number of aromatic nitrogens is 2. The number of nitrogens with zero attached hydrogens (tertiary/aromatic N) is 4. The molecule has 0 bridgehead atoms. The van der Waals surface area contributed by atoms with Crippen molar-refractivity contribution in [1.82, 2.24) is 4.68 Å². The number of nitro groups is 1. The summed E-state index contributed by atoms with van der Waals surface area (Å²) in [5.41, 5.74) is -0.994. The van der Waals surface area contributed by atoms with Crippen molar-refractivity contribution >= 4 is 16.2 Å². The molecule has 0 saturated carbocycles. The molecule has 0 aliphatic heterocycles. The van der Waals surface area contributed by atoms with Gasteiger partial charge >= 0.3 is 28.2 Å². The van der Waals surface area contributed by atoms with Crippen molar-refractivity contribution in [3.8, 4) is 0 Å². The van der Waals surface area contributed by atoms with Crippen LogP contribution in [-0.2, 0) is 21.9 Å². The van der Waals surface area contributed by atoms with Crippen LogP contribution in [0.1, 0.15) is 0 Å². The summed E-state index contributed by atoms with van der Waals surface area (Å²) < 4.78 is 69.4. The van der Waals surface area contributed by atoms with Crippen LogP contribution in [0, 0.1) is 10.1 Å². The van der Waals surface area contributed by atoms with Crippen LogP contribution >= 0.6 is 0 Å². The summed E-state index contributed by atoms with van der Waals surface area (Å²) in [7, 11) is -3.90. The topological polar surface area (TPSA) is 145 Å². The first-order valence-corrected chi connectivity index (χ1v) is 6.34. The minimum Gasteiger partial charge on any atom is -0.341 e. The van der Waals surface area contributed by atoms with Crippen LogP contribution < -0.4 is 10.2 Å². The highest BCUT2D eigenvalue weighted by atomic mass is 32.2. The maximum absolute atomic E-state index is 11.8. The van der Waals surface area contributed by atoms with Crippen LogP contribution in [0.2, 0.25) is 0 Å². The molecule has 122 valence electrons. The molecular weight excluding hydrogens is 341 g/mol. The van der Waals surface area contributed by atoms with E-state index < -0.39 is 38.1 Å². The fourth-order valence-electron chi connectivity index (χ4n) is 1.21. The van der Waals surface area contributed by atoms with Crippen molar-refractivity contribution in [1.29, 1.82) is 0 Å². The predicted molar refractivity (Wildman–Crippen MR) is 55.9 cm³/mol. The first kappa shape index (κ1) is 17.5. The van der Waals surface area contributed by atoms with Gasteiger partial charge in [0.25, 0.3) is 0 Å². The monoisotopic (exact) mass is 347 g/mol. The van der Waals surface area contributed by atoms with Crippen LogP contribution in [0.4, 0.5) is 18.0 Å². The smallest absolute Gasteiger partial charge is 0.341 e. The number of ether oxygens (including phenoxy) is 1. The molecule has 1 N–H and O–H groups in total. The zero-order valence-corrected chi connectivity index (χ0v) is 11.2. The molecule has 1 rings (SSSR count). The number of halogens is 3. The van der Waals surface area contributed by atoms with Gasteiger partial charge in [0.1, 0.15) is 0 Å². The molecule has 15 heteroatoms. The number of rotatable bonds is 2. The van der Waals surface area contributed by atoms with Crippen molar-refractivity contribution < 1.29 is 45.3 Å². The summed E-state index contributed by atoms with van der Waals surface area (Å²) in [5, 5.41) is 9.48. The Bertz CT molecular complexity index is 797.